The fourth-order valence-corrected chi connectivity index (χ4v) is 7.80. The summed E-state index contributed by atoms with van der Waals surface area (Å²) in [6.07, 6.45) is 6.16. The SMILES string of the molecule is O=C(CSCCO)Nc1ccc2c(c1)S\C(=C/C=C/C=C1/C(=O)c3ccccc3S1(=O)=O)N2CCCS(=O)(=O)O. The molecule has 0 aromatic heterocycles. The van der Waals surface area contributed by atoms with Crippen molar-refractivity contribution in [2.45, 2.75) is 16.2 Å². The van der Waals surface area contributed by atoms with Crippen molar-refractivity contribution in [1.29, 1.82) is 0 Å². The van der Waals surface area contributed by atoms with Crippen LogP contribution >= 0.6 is 23.5 Å². The number of nitrogens with zero attached hydrogens (tertiary/aromatic N) is 1. The highest BCUT2D eigenvalue weighted by atomic mass is 32.2. The number of carbonyl (C=O) groups excluding carboxylic acids is 2. The molecule has 0 radical (unpaired) electrons. The first kappa shape index (κ1) is 30.1. The van der Waals surface area contributed by atoms with Gasteiger partial charge in [0.2, 0.25) is 21.5 Å². The number of rotatable bonds is 11. The van der Waals surface area contributed by atoms with Gasteiger partial charge in [-0.25, -0.2) is 8.42 Å². The molecule has 0 atom stereocenters. The van der Waals surface area contributed by atoms with Gasteiger partial charge < -0.3 is 15.3 Å². The van der Waals surface area contributed by atoms with Gasteiger partial charge >= 0.3 is 0 Å². The minimum absolute atomic E-state index is 0.0126. The molecule has 2 aromatic carbocycles. The van der Waals surface area contributed by atoms with E-state index in [4.69, 9.17) is 9.66 Å². The van der Waals surface area contributed by atoms with E-state index < -0.39 is 31.5 Å². The first-order valence-corrected chi connectivity index (χ1v) is 17.1. The van der Waals surface area contributed by atoms with E-state index in [2.05, 4.69) is 5.32 Å². The van der Waals surface area contributed by atoms with E-state index in [9.17, 15) is 26.4 Å². The summed E-state index contributed by atoms with van der Waals surface area (Å²) in [5, 5.41) is 12.4. The third-order valence-corrected chi connectivity index (χ3v) is 10.5. The Morgan fingerprint density at radius 3 is 2.60 bits per heavy atom. The summed E-state index contributed by atoms with van der Waals surface area (Å²) in [7, 11) is -8.04. The molecule has 0 aliphatic carbocycles. The van der Waals surface area contributed by atoms with E-state index in [1.54, 1.807) is 42.5 Å². The number of hydrogen-bond donors (Lipinski definition) is 3. The molecule has 0 fully saturated rings. The van der Waals surface area contributed by atoms with Gasteiger partial charge in [-0.15, -0.1) is 11.8 Å². The van der Waals surface area contributed by atoms with E-state index >= 15 is 0 Å². The Balaban J connectivity index is 1.54. The van der Waals surface area contributed by atoms with E-state index in [1.807, 2.05) is 4.90 Å². The predicted octanol–water partition coefficient (Wildman–Crippen LogP) is 3.49. The molecule has 2 heterocycles. The number of anilines is 2. The second-order valence-electron chi connectivity index (χ2n) is 8.65. The topological polar surface area (TPSA) is 158 Å². The number of benzene rings is 2. The van der Waals surface area contributed by atoms with Crippen molar-refractivity contribution < 1.29 is 36.1 Å². The number of carbonyl (C=O) groups is 2. The van der Waals surface area contributed by atoms with Gasteiger partial charge in [-0.2, -0.15) is 8.42 Å². The zero-order chi connectivity index (χ0) is 28.9. The number of ketones is 1. The van der Waals surface area contributed by atoms with Crippen molar-refractivity contribution in [3.05, 3.63) is 82.3 Å². The molecule has 0 spiro atoms. The number of fused-ring (bicyclic) bond motifs is 2. The maximum Gasteiger partial charge on any atom is 0.264 e. The molecule has 3 N–H and O–H groups in total. The first-order chi connectivity index (χ1) is 19.0. The van der Waals surface area contributed by atoms with Crippen LogP contribution in [-0.4, -0.2) is 68.6 Å². The van der Waals surface area contributed by atoms with E-state index in [1.165, 1.54) is 47.8 Å². The lowest BCUT2D eigenvalue weighted by Crippen LogP contribution is -2.21. The number of aliphatic hydroxyl groups excluding tert-OH is 1. The molecular formula is C26H26N2O8S4. The largest absolute Gasteiger partial charge is 0.396 e. The second kappa shape index (κ2) is 12.7. The van der Waals surface area contributed by atoms with Crippen LogP contribution in [0.3, 0.4) is 0 Å². The lowest BCUT2D eigenvalue weighted by molar-refractivity contribution is -0.113. The van der Waals surface area contributed by atoms with Crippen LogP contribution in [0.4, 0.5) is 11.4 Å². The van der Waals surface area contributed by atoms with Crippen LogP contribution in [0.2, 0.25) is 0 Å². The molecule has 14 heteroatoms. The summed E-state index contributed by atoms with van der Waals surface area (Å²) in [5.74, 6) is -0.541. The standard InChI is InChI=1S/C26H26N2O8S4/c29-13-14-37-17-24(30)27-18-10-11-20-21(16-18)38-25(28(20)12-5-15-39(32,33)34)9-4-3-8-23-26(31)19-6-1-2-7-22(19)40(23,35)36/h1-4,6-11,16,29H,5,12-15,17H2,(H,27,30)(H,32,33,34)/b4-3+,23-8-,25-9-. The minimum atomic E-state index is -4.14. The van der Waals surface area contributed by atoms with E-state index in [-0.39, 0.29) is 46.6 Å². The number of amides is 1. The maximum atomic E-state index is 12.8. The van der Waals surface area contributed by atoms with Crippen LogP contribution in [-0.2, 0) is 24.7 Å². The molecule has 0 saturated heterocycles. The normalized spacial score (nSPS) is 18.1. The number of aliphatic hydroxyl groups is 1. The zero-order valence-electron chi connectivity index (χ0n) is 21.0. The predicted molar refractivity (Wildman–Crippen MR) is 157 cm³/mol. The number of Topliss-reactive ketones (excluding diaryl/α,β-unsaturated/α-hetero) is 1. The molecule has 2 aromatic rings. The van der Waals surface area contributed by atoms with E-state index in [0.29, 0.717) is 16.5 Å². The first-order valence-electron chi connectivity index (χ1n) is 12.0. The zero-order valence-corrected chi connectivity index (χ0v) is 24.3. The summed E-state index contributed by atoms with van der Waals surface area (Å²) in [4.78, 5) is 27.1. The van der Waals surface area contributed by atoms with Crippen LogP contribution in [0, 0.1) is 0 Å². The number of sulfone groups is 1. The lowest BCUT2D eigenvalue weighted by atomic mass is 10.1. The molecule has 40 heavy (non-hydrogen) atoms. The van der Waals surface area contributed by atoms with Crippen molar-refractivity contribution in [1.82, 2.24) is 0 Å². The van der Waals surface area contributed by atoms with Gasteiger partial charge in [0.05, 0.1) is 33.7 Å². The molecule has 1 amide bonds. The van der Waals surface area contributed by atoms with Crippen molar-refractivity contribution in [3.8, 4) is 0 Å². The van der Waals surface area contributed by atoms with Crippen molar-refractivity contribution in [2.75, 3.05) is 40.6 Å². The average Bonchev–Trinajstić information content (AvgIpc) is 3.32. The Hall–Kier alpha value is -2.88. The molecular weight excluding hydrogens is 597 g/mol. The van der Waals surface area contributed by atoms with Crippen LogP contribution in [0.15, 0.2) is 86.5 Å². The Morgan fingerprint density at radius 2 is 1.88 bits per heavy atom. The number of nitrogens with one attached hydrogen (secondary N) is 1. The number of hydrogen-bond acceptors (Lipinski definition) is 10. The van der Waals surface area contributed by atoms with Crippen molar-refractivity contribution >= 4 is 66.5 Å². The fourth-order valence-electron chi connectivity index (χ4n) is 4.08. The molecule has 0 bridgehead atoms. The quantitative estimate of drug-likeness (QED) is 0.191. The highest BCUT2D eigenvalue weighted by Crippen LogP contribution is 2.47. The van der Waals surface area contributed by atoms with Crippen molar-refractivity contribution in [2.24, 2.45) is 0 Å². The van der Waals surface area contributed by atoms with Gasteiger partial charge in [-0.05, 0) is 48.9 Å². The van der Waals surface area contributed by atoms with Crippen LogP contribution in [0.1, 0.15) is 16.8 Å². The highest BCUT2D eigenvalue weighted by molar-refractivity contribution is 8.03. The third-order valence-electron chi connectivity index (χ3n) is 5.80. The van der Waals surface area contributed by atoms with Gasteiger partial charge in [0.15, 0.2) is 0 Å². The molecule has 0 saturated carbocycles. The number of allylic oxidation sites excluding steroid dienone is 5. The Kier molecular flexibility index (Phi) is 9.59. The van der Waals surface area contributed by atoms with Gasteiger partial charge in [-0.3, -0.25) is 14.1 Å². The van der Waals surface area contributed by atoms with Gasteiger partial charge in [0, 0.05) is 28.4 Å². The molecule has 2 aliphatic rings. The van der Waals surface area contributed by atoms with E-state index in [0.717, 1.165) is 10.6 Å². The van der Waals surface area contributed by atoms with Gasteiger partial charge in [-0.1, -0.05) is 36.0 Å². The Bertz CT molecular complexity index is 1630. The Morgan fingerprint density at radius 1 is 1.12 bits per heavy atom. The summed E-state index contributed by atoms with van der Waals surface area (Å²) < 4.78 is 57.1. The fraction of sp³-hybridized carbons (Fsp3) is 0.231. The van der Waals surface area contributed by atoms with Crippen LogP contribution < -0.4 is 10.2 Å². The van der Waals surface area contributed by atoms with Crippen molar-refractivity contribution in [3.63, 3.8) is 0 Å². The summed E-state index contributed by atoms with van der Waals surface area (Å²) in [6, 6.07) is 11.3. The lowest BCUT2D eigenvalue weighted by Gasteiger charge is -2.20. The minimum Gasteiger partial charge on any atom is -0.396 e. The number of thioether (sulfide) groups is 2. The summed E-state index contributed by atoms with van der Waals surface area (Å²) >= 11 is 2.68. The molecule has 10 nitrogen and oxygen atoms in total. The summed E-state index contributed by atoms with van der Waals surface area (Å²) in [6.45, 7) is 0.257. The molecule has 4 rings (SSSR count). The highest BCUT2D eigenvalue weighted by Gasteiger charge is 2.38. The third kappa shape index (κ3) is 7.06. The smallest absolute Gasteiger partial charge is 0.264 e. The van der Waals surface area contributed by atoms with Gasteiger partial charge in [0.25, 0.3) is 10.1 Å². The summed E-state index contributed by atoms with van der Waals surface area (Å²) in [5.41, 5.74) is 1.49. The monoisotopic (exact) mass is 622 g/mol. The maximum absolute atomic E-state index is 12.8. The second-order valence-corrected chi connectivity index (χ2v) is 14.3. The molecule has 212 valence electrons. The van der Waals surface area contributed by atoms with Crippen LogP contribution in [0.5, 0.6) is 0 Å². The molecule has 2 aliphatic heterocycles. The molecule has 0 unspecified atom stereocenters. The van der Waals surface area contributed by atoms with Crippen LogP contribution in [0.25, 0.3) is 0 Å². The van der Waals surface area contributed by atoms with Gasteiger partial charge in [0.1, 0.15) is 4.91 Å². The average molecular weight is 623 g/mol. The Labute approximate surface area is 240 Å².